The molecule has 0 spiro atoms. The predicted octanol–water partition coefficient (Wildman–Crippen LogP) is 1.96. The number of piperazine rings is 1. The van der Waals surface area contributed by atoms with Gasteiger partial charge in [-0.25, -0.2) is 19.8 Å². The molecule has 2 aliphatic rings. The van der Waals surface area contributed by atoms with Crippen molar-refractivity contribution in [2.45, 2.75) is 38.3 Å². The number of nitrogens with zero attached hydrogens (tertiary/aromatic N) is 6. The van der Waals surface area contributed by atoms with E-state index in [0.29, 0.717) is 11.0 Å². The maximum atomic E-state index is 14.3. The first-order valence-electron chi connectivity index (χ1n) is 15.3. The Balaban J connectivity index is 1.37. The van der Waals surface area contributed by atoms with E-state index in [1.54, 1.807) is 32.7 Å². The van der Waals surface area contributed by atoms with Gasteiger partial charge in [0.25, 0.3) is 0 Å². The van der Waals surface area contributed by atoms with Gasteiger partial charge in [-0.2, -0.15) is 0 Å². The molecule has 0 bridgehead atoms. The number of aromatic hydroxyl groups is 1. The zero-order valence-corrected chi connectivity index (χ0v) is 25.7. The van der Waals surface area contributed by atoms with E-state index in [2.05, 4.69) is 16.9 Å². The lowest BCUT2D eigenvalue weighted by molar-refractivity contribution is -0.189. The zero-order valence-electron chi connectivity index (χ0n) is 25.7. The molecular formula is C34H36N8O5. The van der Waals surface area contributed by atoms with Gasteiger partial charge < -0.3 is 30.5 Å². The lowest BCUT2D eigenvalue weighted by Gasteiger charge is -2.55. The molecule has 6 rings (SSSR count). The van der Waals surface area contributed by atoms with Crippen LogP contribution in [0, 0.1) is 0 Å². The summed E-state index contributed by atoms with van der Waals surface area (Å²) in [6.45, 7) is 4.38. The van der Waals surface area contributed by atoms with Crippen LogP contribution in [0.25, 0.3) is 11.0 Å². The molecule has 3 aromatic carbocycles. The van der Waals surface area contributed by atoms with E-state index in [4.69, 9.17) is 5.73 Å². The van der Waals surface area contributed by atoms with Crippen molar-refractivity contribution in [1.29, 1.82) is 0 Å². The van der Waals surface area contributed by atoms with Gasteiger partial charge in [0, 0.05) is 26.1 Å². The minimum absolute atomic E-state index is 0.0390. The minimum Gasteiger partial charge on any atom is -0.508 e. The highest BCUT2D eigenvalue weighted by atomic mass is 16.3. The third-order valence-corrected chi connectivity index (χ3v) is 8.45. The minimum atomic E-state index is -0.923. The van der Waals surface area contributed by atoms with Crippen LogP contribution >= 0.6 is 0 Å². The second-order valence-electron chi connectivity index (χ2n) is 11.6. The van der Waals surface area contributed by atoms with Crippen molar-refractivity contribution in [3.63, 3.8) is 0 Å². The number of carbonyl (C=O) groups is 4. The number of hydrogen-bond acceptors (Lipinski definition) is 7. The second-order valence-corrected chi connectivity index (χ2v) is 11.6. The van der Waals surface area contributed by atoms with Gasteiger partial charge in [-0.15, -0.1) is 6.58 Å². The van der Waals surface area contributed by atoms with Crippen molar-refractivity contribution >= 4 is 34.8 Å². The number of imidazole rings is 1. The Morgan fingerprint density at radius 1 is 1.02 bits per heavy atom. The topological polar surface area (TPSA) is 157 Å². The molecule has 13 heteroatoms. The third-order valence-electron chi connectivity index (χ3n) is 8.45. The average molecular weight is 637 g/mol. The summed E-state index contributed by atoms with van der Waals surface area (Å²) in [5.41, 5.74) is 9.14. The molecule has 2 aliphatic heterocycles. The normalized spacial score (nSPS) is 18.3. The number of fused-ring (bicyclic) bond motifs is 2. The van der Waals surface area contributed by atoms with Gasteiger partial charge in [-0.1, -0.05) is 60.7 Å². The van der Waals surface area contributed by atoms with Crippen LogP contribution in [0.3, 0.4) is 0 Å². The number of rotatable bonds is 10. The lowest BCUT2D eigenvalue weighted by Crippen LogP contribution is -2.76. The van der Waals surface area contributed by atoms with Crippen molar-refractivity contribution in [1.82, 2.24) is 34.7 Å². The smallest absolute Gasteiger partial charge is 0.334 e. The van der Waals surface area contributed by atoms with E-state index in [9.17, 15) is 24.3 Å². The van der Waals surface area contributed by atoms with Crippen molar-refractivity contribution in [2.24, 2.45) is 5.73 Å². The molecule has 0 aliphatic carbocycles. The van der Waals surface area contributed by atoms with Gasteiger partial charge in [0.2, 0.25) is 17.7 Å². The Labute approximate surface area is 271 Å². The quantitative estimate of drug-likeness (QED) is 0.225. The molecule has 2 atom stereocenters. The number of benzene rings is 3. The van der Waals surface area contributed by atoms with Gasteiger partial charge in [0.1, 0.15) is 24.5 Å². The molecule has 47 heavy (non-hydrogen) atoms. The number of phenolic OH excluding ortho intramolecular Hbond substituents is 1. The number of amides is 5. The summed E-state index contributed by atoms with van der Waals surface area (Å²) < 4.78 is 1.65. The molecule has 242 valence electrons. The first kappa shape index (κ1) is 31.3. The number of para-hydroxylation sites is 1. The van der Waals surface area contributed by atoms with Crippen LogP contribution in [0.15, 0.2) is 91.8 Å². The Morgan fingerprint density at radius 2 is 1.79 bits per heavy atom. The Hall–Kier alpha value is -5.69. The number of aromatic nitrogens is 2. The molecule has 4 aromatic rings. The molecule has 2 saturated heterocycles. The van der Waals surface area contributed by atoms with Crippen LogP contribution in [0.2, 0.25) is 0 Å². The van der Waals surface area contributed by atoms with Gasteiger partial charge in [0.15, 0.2) is 0 Å². The molecule has 5 amide bonds. The summed E-state index contributed by atoms with van der Waals surface area (Å²) in [4.78, 5) is 61.4. The Kier molecular flexibility index (Phi) is 8.89. The second kappa shape index (κ2) is 13.3. The number of hydrazine groups is 1. The number of carbonyl (C=O) groups excluding carboxylic acids is 4. The van der Waals surface area contributed by atoms with Crippen LogP contribution in [-0.2, 0) is 40.4 Å². The van der Waals surface area contributed by atoms with E-state index in [-0.39, 0.29) is 63.3 Å². The standard InChI is InChI=1S/C34H36N8O5/c1-2-15-40-21-31(45)41-28(16-23-11-13-26(43)14-12-23)33(46)38(18-25-9-6-10-27-32(25)37-22-39(27)19-29(35)44)20-30(41)42(40)34(47)36-17-24-7-4-3-5-8-24/h2-14,22,28,30,43H,1,15-21H2,(H2,35,44)(H,36,47)/t28-,30-/m0/s1. The average Bonchev–Trinajstić information content (AvgIpc) is 3.46. The molecule has 4 N–H and O–H groups in total. The van der Waals surface area contributed by atoms with Gasteiger partial charge in [0.05, 0.1) is 30.5 Å². The lowest BCUT2D eigenvalue weighted by atomic mass is 9.98. The zero-order chi connectivity index (χ0) is 33.1. The number of nitrogens with one attached hydrogen (secondary N) is 1. The molecule has 0 saturated carbocycles. The summed E-state index contributed by atoms with van der Waals surface area (Å²) in [5, 5.41) is 16.0. The fourth-order valence-electron chi connectivity index (χ4n) is 6.33. The molecule has 1 aromatic heterocycles. The Morgan fingerprint density at radius 3 is 2.51 bits per heavy atom. The maximum Gasteiger partial charge on any atom is 0.334 e. The monoisotopic (exact) mass is 636 g/mol. The highest BCUT2D eigenvalue weighted by Crippen LogP contribution is 2.30. The predicted molar refractivity (Wildman–Crippen MR) is 173 cm³/mol. The molecule has 2 fully saturated rings. The number of phenols is 1. The molecule has 0 unspecified atom stereocenters. The van der Waals surface area contributed by atoms with Crippen LogP contribution in [0.4, 0.5) is 4.79 Å². The van der Waals surface area contributed by atoms with Crippen molar-refractivity contribution in [3.8, 4) is 5.75 Å². The Bertz CT molecular complexity index is 1810. The maximum absolute atomic E-state index is 14.3. The molecular weight excluding hydrogens is 600 g/mol. The summed E-state index contributed by atoms with van der Waals surface area (Å²) in [6.07, 6.45) is 2.52. The SMILES string of the molecule is C=CCN1CC(=O)N2[C@@H](Cc3ccc(O)cc3)C(=O)N(Cc3cccc4c3ncn4CC(N)=O)C[C@@H]2N1C(=O)NCc1ccccc1. The van der Waals surface area contributed by atoms with Crippen LogP contribution < -0.4 is 11.1 Å². The number of primary amides is 1. The van der Waals surface area contributed by atoms with Crippen molar-refractivity contribution in [2.75, 3.05) is 19.6 Å². The summed E-state index contributed by atoms with van der Waals surface area (Å²) >= 11 is 0. The van der Waals surface area contributed by atoms with Gasteiger partial charge >= 0.3 is 6.03 Å². The fraction of sp³-hybridized carbons (Fsp3) is 0.265. The van der Waals surface area contributed by atoms with Gasteiger partial charge in [-0.3, -0.25) is 14.4 Å². The van der Waals surface area contributed by atoms with E-state index >= 15 is 0 Å². The van der Waals surface area contributed by atoms with E-state index in [1.165, 1.54) is 28.4 Å². The summed E-state index contributed by atoms with van der Waals surface area (Å²) in [7, 11) is 0. The van der Waals surface area contributed by atoms with Gasteiger partial charge in [-0.05, 0) is 34.9 Å². The number of urea groups is 1. The molecule has 0 radical (unpaired) electrons. The van der Waals surface area contributed by atoms with E-state index in [1.807, 2.05) is 48.5 Å². The molecule has 13 nitrogen and oxygen atoms in total. The fourth-order valence-corrected chi connectivity index (χ4v) is 6.33. The third kappa shape index (κ3) is 6.51. The van der Waals surface area contributed by atoms with E-state index in [0.717, 1.165) is 16.7 Å². The molecule has 3 heterocycles. The highest BCUT2D eigenvalue weighted by molar-refractivity contribution is 5.92. The number of nitrogens with two attached hydrogens (primary N) is 1. The van der Waals surface area contributed by atoms with Crippen LogP contribution in [0.5, 0.6) is 5.75 Å². The summed E-state index contributed by atoms with van der Waals surface area (Å²) in [5.74, 6) is -0.983. The van der Waals surface area contributed by atoms with E-state index < -0.39 is 24.1 Å². The van der Waals surface area contributed by atoms with Crippen LogP contribution in [-0.4, -0.2) is 90.1 Å². The number of hydrogen-bond donors (Lipinski definition) is 3. The van der Waals surface area contributed by atoms with Crippen LogP contribution in [0.1, 0.15) is 16.7 Å². The highest BCUT2D eigenvalue weighted by Gasteiger charge is 2.51. The largest absolute Gasteiger partial charge is 0.508 e. The van der Waals surface area contributed by atoms with Crippen molar-refractivity contribution < 1.29 is 24.3 Å². The first-order valence-corrected chi connectivity index (χ1v) is 15.3. The summed E-state index contributed by atoms with van der Waals surface area (Å²) in [6, 6.07) is 20.2. The first-order chi connectivity index (χ1) is 22.7. The van der Waals surface area contributed by atoms with Crippen molar-refractivity contribution in [3.05, 3.63) is 108 Å².